The minimum Gasteiger partial charge on any atom is -0.491 e. The molecule has 1 atom stereocenters. The molecule has 228 valence electrons. The van der Waals surface area contributed by atoms with Gasteiger partial charge in [-0.2, -0.15) is 0 Å². The molecule has 0 fully saturated rings. The summed E-state index contributed by atoms with van der Waals surface area (Å²) >= 11 is 1.24. The van der Waals surface area contributed by atoms with Gasteiger partial charge in [0.2, 0.25) is 0 Å². The smallest absolute Gasteiger partial charge is 0.338 e. The minimum absolute atomic E-state index is 0.0411. The van der Waals surface area contributed by atoms with Gasteiger partial charge in [-0.1, -0.05) is 35.6 Å². The number of ether oxygens (including phenoxy) is 2. The number of esters is 1. The van der Waals surface area contributed by atoms with Crippen molar-refractivity contribution in [1.82, 2.24) is 9.13 Å². The van der Waals surface area contributed by atoms with Crippen LogP contribution < -0.4 is 19.6 Å². The zero-order valence-corrected chi connectivity index (χ0v) is 26.5. The molecule has 2 aromatic carbocycles. The molecule has 1 aliphatic heterocycles. The lowest BCUT2D eigenvalue weighted by molar-refractivity contribution is -0.385. The molecule has 5 rings (SSSR count). The second-order valence-electron chi connectivity index (χ2n) is 10.9. The maximum Gasteiger partial charge on any atom is 0.338 e. The van der Waals surface area contributed by atoms with Crippen LogP contribution in [-0.2, 0) is 9.53 Å². The van der Waals surface area contributed by atoms with Crippen LogP contribution in [0.5, 0.6) is 5.75 Å². The fourth-order valence-electron chi connectivity index (χ4n) is 5.56. The second kappa shape index (κ2) is 12.1. The van der Waals surface area contributed by atoms with Crippen molar-refractivity contribution in [2.45, 2.75) is 60.6 Å². The van der Waals surface area contributed by atoms with Gasteiger partial charge in [0.15, 0.2) is 4.80 Å². The third-order valence-corrected chi connectivity index (χ3v) is 8.48. The molecule has 4 aromatic rings. The highest BCUT2D eigenvalue weighted by Crippen LogP contribution is 2.36. The average molecular weight is 615 g/mol. The number of nitro benzene ring substituents is 1. The van der Waals surface area contributed by atoms with Crippen molar-refractivity contribution in [3.63, 3.8) is 0 Å². The third-order valence-electron chi connectivity index (χ3n) is 7.50. The molecule has 0 saturated heterocycles. The fourth-order valence-corrected chi connectivity index (χ4v) is 6.60. The second-order valence-corrected chi connectivity index (χ2v) is 11.9. The molecule has 0 N–H and O–H groups in total. The minimum atomic E-state index is -0.803. The van der Waals surface area contributed by atoms with E-state index in [1.807, 2.05) is 74.7 Å². The Kier molecular flexibility index (Phi) is 8.42. The third kappa shape index (κ3) is 5.50. The maximum atomic E-state index is 14.2. The van der Waals surface area contributed by atoms with Crippen molar-refractivity contribution in [2.24, 2.45) is 4.99 Å². The molecule has 0 radical (unpaired) electrons. The summed E-state index contributed by atoms with van der Waals surface area (Å²) in [4.78, 5) is 43.8. The number of aromatic nitrogens is 2. The van der Waals surface area contributed by atoms with E-state index < -0.39 is 12.0 Å². The number of thiazole rings is 1. The van der Waals surface area contributed by atoms with Gasteiger partial charge < -0.3 is 14.0 Å². The Balaban J connectivity index is 1.70. The summed E-state index contributed by atoms with van der Waals surface area (Å²) < 4.78 is 15.4. The Morgan fingerprint density at radius 3 is 2.55 bits per heavy atom. The van der Waals surface area contributed by atoms with E-state index in [4.69, 9.17) is 9.47 Å². The molecule has 0 aliphatic carbocycles. The number of carbonyl (C=O) groups excluding carboxylic acids is 1. The first-order valence-electron chi connectivity index (χ1n) is 14.3. The maximum absolute atomic E-state index is 14.2. The number of allylic oxidation sites excluding steroid dienone is 1. The summed E-state index contributed by atoms with van der Waals surface area (Å²) in [5.74, 6) is 0.0254. The SMILES string of the molecule is CCOC(=O)C1=C(C)N=c2s/c(=C/c3cc(C)n(-c4ccc(C)c([N+](=O)[O-])c4)c3C)c(=O)n2[C@@H]1c1ccccc1OC(C)C. The molecule has 44 heavy (non-hydrogen) atoms. The van der Waals surface area contributed by atoms with E-state index in [0.717, 1.165) is 17.0 Å². The highest BCUT2D eigenvalue weighted by Gasteiger charge is 2.35. The molecule has 3 heterocycles. The molecule has 0 saturated carbocycles. The Morgan fingerprint density at radius 1 is 1.14 bits per heavy atom. The Morgan fingerprint density at radius 2 is 1.86 bits per heavy atom. The largest absolute Gasteiger partial charge is 0.491 e. The van der Waals surface area contributed by atoms with Crippen molar-refractivity contribution in [2.75, 3.05) is 6.61 Å². The summed E-state index contributed by atoms with van der Waals surface area (Å²) in [6.07, 6.45) is 1.68. The van der Waals surface area contributed by atoms with Gasteiger partial charge in [0.1, 0.15) is 11.8 Å². The van der Waals surface area contributed by atoms with Gasteiger partial charge in [-0.15, -0.1) is 0 Å². The van der Waals surface area contributed by atoms with E-state index in [-0.39, 0.29) is 34.5 Å². The molecule has 2 aromatic heterocycles. The topological polar surface area (TPSA) is 118 Å². The monoisotopic (exact) mass is 614 g/mol. The highest BCUT2D eigenvalue weighted by molar-refractivity contribution is 7.07. The molecular formula is C33H34N4O6S. The van der Waals surface area contributed by atoms with E-state index in [1.165, 1.54) is 11.3 Å². The molecule has 0 spiro atoms. The van der Waals surface area contributed by atoms with E-state index >= 15 is 0 Å². The number of rotatable bonds is 8. The normalized spacial score (nSPS) is 14.9. The number of nitro groups is 1. The van der Waals surface area contributed by atoms with Crippen LogP contribution in [0, 0.1) is 30.9 Å². The zero-order chi connectivity index (χ0) is 31.9. The molecule has 1 aliphatic rings. The molecule has 0 amide bonds. The summed E-state index contributed by atoms with van der Waals surface area (Å²) in [6, 6.07) is 13.7. The van der Waals surface area contributed by atoms with Crippen molar-refractivity contribution >= 4 is 29.1 Å². The van der Waals surface area contributed by atoms with Crippen LogP contribution in [0.15, 0.2) is 69.6 Å². The van der Waals surface area contributed by atoms with Crippen molar-refractivity contribution in [3.05, 3.63) is 118 Å². The van der Waals surface area contributed by atoms with E-state index in [0.29, 0.717) is 37.6 Å². The van der Waals surface area contributed by atoms with Gasteiger partial charge in [-0.25, -0.2) is 9.79 Å². The standard InChI is InChI=1S/C33H34N4O6S/c1-8-42-32(39)29-21(6)34-33-36(30(29)25-11-9-10-12-27(25)43-18(2)3)31(38)28(44-33)16-23-15-20(5)35(22(23)7)24-14-13-19(4)26(17-24)37(40)41/h9-18,30H,8H2,1-7H3/b28-16+/t30-/m1/s1. The predicted octanol–water partition coefficient (Wildman–Crippen LogP) is 5.21. The summed E-state index contributed by atoms with van der Waals surface area (Å²) in [7, 11) is 0. The Bertz CT molecular complexity index is 2010. The van der Waals surface area contributed by atoms with Crippen molar-refractivity contribution in [3.8, 4) is 11.4 Å². The van der Waals surface area contributed by atoms with Crippen molar-refractivity contribution < 1.29 is 19.2 Å². The van der Waals surface area contributed by atoms with Crippen LogP contribution in [0.25, 0.3) is 11.8 Å². The zero-order valence-electron chi connectivity index (χ0n) is 25.7. The number of aryl methyl sites for hydroxylation is 2. The molecule has 0 unspecified atom stereocenters. The van der Waals surface area contributed by atoms with Gasteiger partial charge in [0, 0.05) is 28.6 Å². The van der Waals surface area contributed by atoms with Gasteiger partial charge in [-0.05, 0) is 78.3 Å². The van der Waals surface area contributed by atoms with Crippen LogP contribution in [0.4, 0.5) is 5.69 Å². The van der Waals surface area contributed by atoms with Crippen LogP contribution in [0.2, 0.25) is 0 Å². The van der Waals surface area contributed by atoms with Crippen LogP contribution in [-0.4, -0.2) is 32.7 Å². The lowest BCUT2D eigenvalue weighted by Gasteiger charge is -2.26. The van der Waals surface area contributed by atoms with Crippen LogP contribution in [0.3, 0.4) is 0 Å². The molecular weight excluding hydrogens is 580 g/mol. The number of benzene rings is 2. The van der Waals surface area contributed by atoms with Crippen molar-refractivity contribution in [1.29, 1.82) is 0 Å². The summed E-state index contributed by atoms with van der Waals surface area (Å²) in [5.41, 5.74) is 4.86. The van der Waals surface area contributed by atoms with E-state index in [2.05, 4.69) is 4.99 Å². The first kappa shape index (κ1) is 30.7. The Hall–Kier alpha value is -4.77. The van der Waals surface area contributed by atoms with Gasteiger partial charge in [0.25, 0.3) is 11.2 Å². The number of nitrogens with zero attached hydrogens (tertiary/aromatic N) is 4. The lowest BCUT2D eigenvalue weighted by Crippen LogP contribution is -2.40. The quantitative estimate of drug-likeness (QED) is 0.153. The predicted molar refractivity (Wildman–Crippen MR) is 169 cm³/mol. The first-order chi connectivity index (χ1) is 20.9. The fraction of sp³-hybridized carbons (Fsp3) is 0.303. The first-order valence-corrected chi connectivity index (χ1v) is 15.1. The molecule has 11 heteroatoms. The summed E-state index contributed by atoms with van der Waals surface area (Å²) in [5, 5.41) is 11.6. The van der Waals surface area contributed by atoms with Gasteiger partial charge in [-0.3, -0.25) is 19.5 Å². The van der Waals surface area contributed by atoms with Gasteiger partial charge in [0.05, 0.1) is 39.1 Å². The number of para-hydroxylation sites is 1. The number of hydrogen-bond donors (Lipinski definition) is 0. The number of hydrogen-bond acceptors (Lipinski definition) is 8. The van der Waals surface area contributed by atoms with E-state index in [1.54, 1.807) is 37.5 Å². The molecule has 10 nitrogen and oxygen atoms in total. The molecule has 0 bridgehead atoms. The van der Waals surface area contributed by atoms with Crippen LogP contribution >= 0.6 is 11.3 Å². The van der Waals surface area contributed by atoms with Gasteiger partial charge >= 0.3 is 5.97 Å². The highest BCUT2D eigenvalue weighted by atomic mass is 32.1. The number of fused-ring (bicyclic) bond motifs is 1. The van der Waals surface area contributed by atoms with Crippen LogP contribution in [0.1, 0.15) is 61.8 Å². The Labute approximate surface area is 258 Å². The van der Waals surface area contributed by atoms with E-state index in [9.17, 15) is 19.7 Å². The summed E-state index contributed by atoms with van der Waals surface area (Å²) in [6.45, 7) is 13.0. The number of carbonyl (C=O) groups is 1. The average Bonchev–Trinajstić information content (AvgIpc) is 3.42. The lowest BCUT2D eigenvalue weighted by atomic mass is 9.95.